The van der Waals surface area contributed by atoms with Crippen LogP contribution in [0.1, 0.15) is 11.1 Å². The van der Waals surface area contributed by atoms with Gasteiger partial charge in [0, 0.05) is 16.5 Å². The molecule has 0 saturated carbocycles. The van der Waals surface area contributed by atoms with Crippen molar-refractivity contribution in [1.29, 1.82) is 0 Å². The molecule has 0 fully saturated rings. The lowest BCUT2D eigenvalue weighted by molar-refractivity contribution is 0.626. The summed E-state index contributed by atoms with van der Waals surface area (Å²) in [6.45, 7) is 0. The van der Waals surface area contributed by atoms with Gasteiger partial charge < -0.3 is 5.73 Å². The van der Waals surface area contributed by atoms with Crippen LogP contribution in [-0.4, -0.2) is 11.2 Å². The maximum atomic E-state index is 13.4. The molecule has 6 heteroatoms. The van der Waals surface area contributed by atoms with Crippen LogP contribution < -0.4 is 11.2 Å². The highest BCUT2D eigenvalue weighted by molar-refractivity contribution is 7.14. The molecular formula is C12H9FN4S. The molecule has 90 valence electrons. The van der Waals surface area contributed by atoms with Gasteiger partial charge in [0.1, 0.15) is 11.6 Å². The fourth-order valence-electron chi connectivity index (χ4n) is 1.23. The molecule has 0 saturated heterocycles. The Morgan fingerprint density at radius 1 is 1.56 bits per heavy atom. The molecule has 2 rings (SSSR count). The second kappa shape index (κ2) is 5.29. The van der Waals surface area contributed by atoms with Gasteiger partial charge in [-0.1, -0.05) is 5.92 Å². The van der Waals surface area contributed by atoms with Gasteiger partial charge in [0.05, 0.1) is 6.21 Å². The lowest BCUT2D eigenvalue weighted by atomic mass is 10.1. The SMILES string of the molecule is C#Cc1ccc(F)c(C=NNc2nc(N)cs2)c1. The van der Waals surface area contributed by atoms with Crippen LogP contribution in [-0.2, 0) is 0 Å². The minimum Gasteiger partial charge on any atom is -0.383 e. The van der Waals surface area contributed by atoms with E-state index in [1.807, 2.05) is 0 Å². The number of thiazole rings is 1. The summed E-state index contributed by atoms with van der Waals surface area (Å²) < 4.78 is 13.4. The van der Waals surface area contributed by atoms with E-state index in [0.717, 1.165) is 0 Å². The Morgan fingerprint density at radius 2 is 2.39 bits per heavy atom. The van der Waals surface area contributed by atoms with Crippen LogP contribution in [0.25, 0.3) is 0 Å². The molecule has 1 heterocycles. The number of hydrogen-bond acceptors (Lipinski definition) is 5. The van der Waals surface area contributed by atoms with Crippen molar-refractivity contribution in [3.05, 3.63) is 40.5 Å². The Hall–Kier alpha value is -2.39. The monoisotopic (exact) mass is 260 g/mol. The van der Waals surface area contributed by atoms with E-state index >= 15 is 0 Å². The molecule has 1 aromatic carbocycles. The smallest absolute Gasteiger partial charge is 0.205 e. The maximum Gasteiger partial charge on any atom is 0.205 e. The Labute approximate surface area is 107 Å². The Balaban J connectivity index is 2.11. The van der Waals surface area contributed by atoms with Crippen LogP contribution in [0.3, 0.4) is 0 Å². The van der Waals surface area contributed by atoms with Gasteiger partial charge in [-0.2, -0.15) is 5.10 Å². The van der Waals surface area contributed by atoms with Crippen molar-refractivity contribution < 1.29 is 4.39 Å². The second-order valence-corrected chi connectivity index (χ2v) is 4.19. The van der Waals surface area contributed by atoms with Crippen molar-refractivity contribution in [2.75, 3.05) is 11.2 Å². The van der Waals surface area contributed by atoms with Gasteiger partial charge in [0.25, 0.3) is 0 Å². The number of halogens is 1. The van der Waals surface area contributed by atoms with Crippen molar-refractivity contribution in [2.24, 2.45) is 5.10 Å². The zero-order valence-electron chi connectivity index (χ0n) is 9.22. The fraction of sp³-hybridized carbons (Fsp3) is 0. The van der Waals surface area contributed by atoms with Crippen molar-refractivity contribution >= 4 is 28.5 Å². The number of rotatable bonds is 3. The molecule has 0 amide bonds. The van der Waals surface area contributed by atoms with E-state index in [9.17, 15) is 4.39 Å². The fourth-order valence-corrected chi connectivity index (χ4v) is 1.78. The van der Waals surface area contributed by atoms with E-state index in [4.69, 9.17) is 12.2 Å². The molecule has 0 atom stereocenters. The van der Waals surface area contributed by atoms with Gasteiger partial charge in [0.2, 0.25) is 5.13 Å². The third kappa shape index (κ3) is 2.84. The van der Waals surface area contributed by atoms with Gasteiger partial charge >= 0.3 is 0 Å². The molecule has 0 spiro atoms. The Kier molecular flexibility index (Phi) is 3.55. The van der Waals surface area contributed by atoms with Crippen molar-refractivity contribution in [3.63, 3.8) is 0 Å². The van der Waals surface area contributed by atoms with Crippen LogP contribution >= 0.6 is 11.3 Å². The topological polar surface area (TPSA) is 63.3 Å². The molecule has 0 aliphatic carbocycles. The molecule has 4 nitrogen and oxygen atoms in total. The Morgan fingerprint density at radius 3 is 3.06 bits per heavy atom. The average Bonchev–Trinajstić information content (AvgIpc) is 2.77. The van der Waals surface area contributed by atoms with Crippen LogP contribution in [0.5, 0.6) is 0 Å². The number of aromatic nitrogens is 1. The average molecular weight is 260 g/mol. The highest BCUT2D eigenvalue weighted by Crippen LogP contribution is 2.16. The molecule has 1 aromatic heterocycles. The second-order valence-electron chi connectivity index (χ2n) is 3.33. The first-order chi connectivity index (χ1) is 8.69. The molecule has 0 radical (unpaired) electrons. The van der Waals surface area contributed by atoms with E-state index in [0.29, 0.717) is 22.1 Å². The minimum atomic E-state index is -0.391. The van der Waals surface area contributed by atoms with Crippen molar-refractivity contribution in [2.45, 2.75) is 0 Å². The van der Waals surface area contributed by atoms with E-state index in [1.165, 1.54) is 35.8 Å². The number of nitrogen functional groups attached to an aromatic ring is 1. The number of terminal acetylenes is 1. The Bertz CT molecular complexity index is 627. The quantitative estimate of drug-likeness (QED) is 0.505. The number of nitrogens with zero attached hydrogens (tertiary/aromatic N) is 2. The van der Waals surface area contributed by atoms with E-state index in [2.05, 4.69) is 21.4 Å². The van der Waals surface area contributed by atoms with Crippen LogP contribution in [0.2, 0.25) is 0 Å². The number of hydrazone groups is 1. The van der Waals surface area contributed by atoms with E-state index in [-0.39, 0.29) is 0 Å². The van der Waals surface area contributed by atoms with Gasteiger partial charge in [-0.25, -0.2) is 9.37 Å². The molecule has 18 heavy (non-hydrogen) atoms. The molecule has 0 aliphatic rings. The number of anilines is 2. The zero-order valence-corrected chi connectivity index (χ0v) is 10.0. The van der Waals surface area contributed by atoms with E-state index < -0.39 is 5.82 Å². The summed E-state index contributed by atoms with van der Waals surface area (Å²) in [6.07, 6.45) is 6.58. The lowest BCUT2D eigenvalue weighted by Crippen LogP contribution is -1.94. The third-order valence-corrected chi connectivity index (χ3v) is 2.81. The van der Waals surface area contributed by atoms with Gasteiger partial charge in [-0.15, -0.1) is 17.8 Å². The predicted octanol–water partition coefficient (Wildman–Crippen LogP) is 2.29. The first-order valence-corrected chi connectivity index (χ1v) is 5.83. The largest absolute Gasteiger partial charge is 0.383 e. The summed E-state index contributed by atoms with van der Waals surface area (Å²) in [5.74, 6) is 2.45. The number of hydrogen-bond donors (Lipinski definition) is 2. The van der Waals surface area contributed by atoms with E-state index in [1.54, 1.807) is 5.38 Å². The zero-order chi connectivity index (χ0) is 13.0. The predicted molar refractivity (Wildman–Crippen MR) is 72.1 cm³/mol. The first kappa shape index (κ1) is 12.1. The molecule has 0 bridgehead atoms. The van der Waals surface area contributed by atoms with Gasteiger partial charge in [-0.05, 0) is 18.2 Å². The van der Waals surface area contributed by atoms with Gasteiger partial charge in [-0.3, -0.25) is 5.43 Å². The summed E-state index contributed by atoms with van der Waals surface area (Å²) in [7, 11) is 0. The summed E-state index contributed by atoms with van der Waals surface area (Å²) in [5, 5.41) is 6.09. The highest BCUT2D eigenvalue weighted by Gasteiger charge is 2.00. The highest BCUT2D eigenvalue weighted by atomic mass is 32.1. The van der Waals surface area contributed by atoms with Crippen molar-refractivity contribution in [3.8, 4) is 12.3 Å². The summed E-state index contributed by atoms with van der Waals surface area (Å²) in [4.78, 5) is 3.94. The maximum absolute atomic E-state index is 13.4. The normalized spacial score (nSPS) is 10.4. The lowest BCUT2D eigenvalue weighted by Gasteiger charge is -1.98. The van der Waals surface area contributed by atoms with Crippen molar-refractivity contribution in [1.82, 2.24) is 4.98 Å². The number of benzene rings is 1. The van der Waals surface area contributed by atoms with Crippen LogP contribution in [0, 0.1) is 18.2 Å². The van der Waals surface area contributed by atoms with Gasteiger partial charge in [0.15, 0.2) is 0 Å². The molecular weight excluding hydrogens is 251 g/mol. The molecule has 0 unspecified atom stereocenters. The number of nitrogens with one attached hydrogen (secondary N) is 1. The molecule has 3 N–H and O–H groups in total. The molecule has 0 aliphatic heterocycles. The summed E-state index contributed by atoms with van der Waals surface area (Å²) in [6, 6.07) is 4.37. The standard InChI is InChI=1S/C12H9FN4S/c1-2-8-3-4-10(13)9(5-8)6-15-17-12-16-11(14)7-18-12/h1,3-7H,14H2,(H,16,17). The van der Waals surface area contributed by atoms with Crippen LogP contribution in [0.15, 0.2) is 28.7 Å². The summed E-state index contributed by atoms with van der Waals surface area (Å²) in [5.41, 5.74) is 9.01. The van der Waals surface area contributed by atoms with Crippen LogP contribution in [0.4, 0.5) is 15.3 Å². The minimum absolute atomic E-state index is 0.308. The first-order valence-electron chi connectivity index (χ1n) is 4.95. The molecule has 2 aromatic rings. The third-order valence-electron chi connectivity index (χ3n) is 2.05. The number of nitrogens with two attached hydrogens (primary N) is 1. The summed E-state index contributed by atoms with van der Waals surface area (Å²) >= 11 is 1.31.